The zero-order chi connectivity index (χ0) is 25.3. The molecule has 188 valence electrons. The van der Waals surface area contributed by atoms with Gasteiger partial charge >= 0.3 is 0 Å². The number of benzene rings is 3. The van der Waals surface area contributed by atoms with Gasteiger partial charge in [-0.25, -0.2) is 0 Å². The molecular weight excluding hydrogens is 540 g/mol. The molecule has 1 atom stereocenters. The number of hydrogen-bond acceptors (Lipinski definition) is 3. The molecule has 4 rings (SSSR count). The fourth-order valence-electron chi connectivity index (χ4n) is 4.47. The first kappa shape index (κ1) is 26.2. The molecule has 0 heterocycles. The Hall–Kier alpha value is -2.83. The standard InChI is InChI=1S/C29H30BrClN2O3/c30-23-12-16-26(17-13-23)36-20-28(34)33(19-22-10-14-24(31)15-11-22)27(18-21-6-2-1-3-7-21)29(35)32-25-8-4-5-9-25/h1-3,6-7,10-17,25,27H,4-5,8-9,18-20H2,(H,32,35)/t27-/m0/s1. The molecule has 36 heavy (non-hydrogen) atoms. The number of halogens is 2. The van der Waals surface area contributed by atoms with Gasteiger partial charge in [-0.05, 0) is 60.4 Å². The van der Waals surface area contributed by atoms with E-state index < -0.39 is 6.04 Å². The van der Waals surface area contributed by atoms with Gasteiger partial charge in [0.25, 0.3) is 5.91 Å². The zero-order valence-corrected chi connectivity index (χ0v) is 22.4. The van der Waals surface area contributed by atoms with Crippen LogP contribution in [0.4, 0.5) is 0 Å². The van der Waals surface area contributed by atoms with E-state index in [1.165, 1.54) is 0 Å². The fraction of sp³-hybridized carbons (Fsp3) is 0.310. The van der Waals surface area contributed by atoms with E-state index in [4.69, 9.17) is 16.3 Å². The molecule has 0 spiro atoms. The summed E-state index contributed by atoms with van der Waals surface area (Å²) >= 11 is 9.50. The lowest BCUT2D eigenvalue weighted by Crippen LogP contribution is -2.53. The Morgan fingerprint density at radius 2 is 1.61 bits per heavy atom. The normalized spacial score (nSPS) is 14.3. The van der Waals surface area contributed by atoms with Crippen molar-refractivity contribution in [1.29, 1.82) is 0 Å². The molecule has 3 aromatic carbocycles. The fourth-order valence-corrected chi connectivity index (χ4v) is 4.86. The van der Waals surface area contributed by atoms with Gasteiger partial charge in [0.15, 0.2) is 6.61 Å². The third-order valence-corrected chi connectivity index (χ3v) is 7.20. The molecule has 2 amide bonds. The summed E-state index contributed by atoms with van der Waals surface area (Å²) < 4.78 is 6.74. The van der Waals surface area contributed by atoms with E-state index in [1.807, 2.05) is 54.6 Å². The van der Waals surface area contributed by atoms with E-state index in [9.17, 15) is 9.59 Å². The first-order valence-corrected chi connectivity index (χ1v) is 13.4. The number of nitrogens with zero attached hydrogens (tertiary/aromatic N) is 1. The van der Waals surface area contributed by atoms with Crippen molar-refractivity contribution in [2.75, 3.05) is 6.61 Å². The van der Waals surface area contributed by atoms with Gasteiger partial charge < -0.3 is 15.0 Å². The molecule has 1 fully saturated rings. The summed E-state index contributed by atoms with van der Waals surface area (Å²) in [6, 6.07) is 24.0. The van der Waals surface area contributed by atoms with Gasteiger partial charge in [-0.1, -0.05) is 82.8 Å². The van der Waals surface area contributed by atoms with Gasteiger partial charge in [0.2, 0.25) is 5.91 Å². The molecule has 1 aliphatic rings. The van der Waals surface area contributed by atoms with Crippen LogP contribution < -0.4 is 10.1 Å². The summed E-state index contributed by atoms with van der Waals surface area (Å²) in [6.45, 7) is 0.104. The van der Waals surface area contributed by atoms with Crippen LogP contribution in [0.15, 0.2) is 83.3 Å². The minimum atomic E-state index is -0.676. The molecule has 0 aromatic heterocycles. The van der Waals surface area contributed by atoms with Crippen molar-refractivity contribution in [3.63, 3.8) is 0 Å². The molecule has 1 saturated carbocycles. The summed E-state index contributed by atoms with van der Waals surface area (Å²) in [5.41, 5.74) is 1.88. The van der Waals surface area contributed by atoms with Crippen LogP contribution in [0.3, 0.4) is 0 Å². The Bertz CT molecular complexity index is 1130. The predicted octanol–water partition coefficient (Wildman–Crippen LogP) is 6.18. The van der Waals surface area contributed by atoms with Gasteiger partial charge in [-0.15, -0.1) is 0 Å². The van der Waals surface area contributed by atoms with Gasteiger partial charge in [-0.2, -0.15) is 0 Å². The van der Waals surface area contributed by atoms with Crippen molar-refractivity contribution in [2.45, 2.75) is 50.7 Å². The molecule has 0 unspecified atom stereocenters. The van der Waals surface area contributed by atoms with Crippen LogP contribution in [-0.4, -0.2) is 35.4 Å². The maximum Gasteiger partial charge on any atom is 0.261 e. The monoisotopic (exact) mass is 568 g/mol. The summed E-state index contributed by atoms with van der Waals surface area (Å²) in [7, 11) is 0. The second-order valence-electron chi connectivity index (χ2n) is 9.09. The zero-order valence-electron chi connectivity index (χ0n) is 20.0. The summed E-state index contributed by atoms with van der Waals surface area (Å²) in [5.74, 6) is 0.208. The first-order chi connectivity index (χ1) is 17.5. The molecule has 0 aliphatic heterocycles. The van der Waals surface area contributed by atoms with Crippen molar-refractivity contribution in [3.8, 4) is 5.75 Å². The van der Waals surface area contributed by atoms with Gasteiger partial charge in [0.1, 0.15) is 11.8 Å². The largest absolute Gasteiger partial charge is 0.484 e. The Balaban J connectivity index is 1.59. The number of carbonyl (C=O) groups excluding carboxylic acids is 2. The van der Waals surface area contributed by atoms with E-state index in [2.05, 4.69) is 21.2 Å². The van der Waals surface area contributed by atoms with Crippen molar-refractivity contribution < 1.29 is 14.3 Å². The third kappa shape index (κ3) is 7.58. The van der Waals surface area contributed by atoms with Crippen LogP contribution in [0.5, 0.6) is 5.75 Å². The topological polar surface area (TPSA) is 58.6 Å². The minimum absolute atomic E-state index is 0.128. The van der Waals surface area contributed by atoms with Crippen molar-refractivity contribution in [2.24, 2.45) is 0 Å². The van der Waals surface area contributed by atoms with Gasteiger partial charge in [0.05, 0.1) is 0 Å². The van der Waals surface area contributed by atoms with E-state index in [0.717, 1.165) is 41.3 Å². The third-order valence-electron chi connectivity index (χ3n) is 6.41. The molecular formula is C29H30BrClN2O3. The molecule has 0 radical (unpaired) electrons. The number of hydrogen-bond donors (Lipinski definition) is 1. The molecule has 0 bridgehead atoms. The van der Waals surface area contributed by atoms with Crippen LogP contribution in [0.1, 0.15) is 36.8 Å². The number of nitrogens with one attached hydrogen (secondary N) is 1. The van der Waals surface area contributed by atoms with E-state index >= 15 is 0 Å². The SMILES string of the molecule is O=C(NC1CCCC1)[C@H](Cc1ccccc1)N(Cc1ccc(Cl)cc1)C(=O)COc1ccc(Br)cc1. The van der Waals surface area contributed by atoms with Crippen molar-refractivity contribution >= 4 is 39.3 Å². The van der Waals surface area contributed by atoms with Crippen LogP contribution in [0.2, 0.25) is 5.02 Å². The second kappa shape index (κ2) is 12.9. The minimum Gasteiger partial charge on any atom is -0.484 e. The van der Waals surface area contributed by atoms with Crippen LogP contribution in [0, 0.1) is 0 Å². The molecule has 7 heteroatoms. The maximum absolute atomic E-state index is 13.6. The molecule has 3 aromatic rings. The Labute approximate surface area is 225 Å². The summed E-state index contributed by atoms with van der Waals surface area (Å²) in [6.07, 6.45) is 4.59. The molecule has 1 N–H and O–H groups in total. The highest BCUT2D eigenvalue weighted by molar-refractivity contribution is 9.10. The van der Waals surface area contributed by atoms with E-state index in [-0.39, 0.29) is 31.0 Å². The van der Waals surface area contributed by atoms with E-state index in [0.29, 0.717) is 17.2 Å². The van der Waals surface area contributed by atoms with Crippen LogP contribution >= 0.6 is 27.5 Å². The maximum atomic E-state index is 13.6. The highest BCUT2D eigenvalue weighted by Gasteiger charge is 2.32. The number of amides is 2. The number of carbonyl (C=O) groups is 2. The number of ether oxygens (including phenoxy) is 1. The molecule has 1 aliphatic carbocycles. The molecule has 0 saturated heterocycles. The van der Waals surface area contributed by atoms with Crippen LogP contribution in [-0.2, 0) is 22.6 Å². The Kier molecular flexibility index (Phi) is 9.42. The smallest absolute Gasteiger partial charge is 0.261 e. The lowest BCUT2D eigenvalue weighted by atomic mass is 10.0. The summed E-state index contributed by atoms with van der Waals surface area (Å²) in [5, 5.41) is 3.83. The Morgan fingerprint density at radius 3 is 2.28 bits per heavy atom. The lowest BCUT2D eigenvalue weighted by Gasteiger charge is -2.32. The molecule has 5 nitrogen and oxygen atoms in total. The summed E-state index contributed by atoms with van der Waals surface area (Å²) in [4.78, 5) is 28.9. The van der Waals surface area contributed by atoms with Crippen molar-refractivity contribution in [1.82, 2.24) is 10.2 Å². The lowest BCUT2D eigenvalue weighted by molar-refractivity contribution is -0.143. The van der Waals surface area contributed by atoms with Gasteiger partial charge in [0, 0.05) is 28.5 Å². The van der Waals surface area contributed by atoms with Crippen LogP contribution in [0.25, 0.3) is 0 Å². The van der Waals surface area contributed by atoms with E-state index in [1.54, 1.807) is 29.2 Å². The highest BCUT2D eigenvalue weighted by Crippen LogP contribution is 2.21. The Morgan fingerprint density at radius 1 is 0.944 bits per heavy atom. The first-order valence-electron chi connectivity index (χ1n) is 12.2. The van der Waals surface area contributed by atoms with Crippen molar-refractivity contribution in [3.05, 3.63) is 99.5 Å². The van der Waals surface area contributed by atoms with Gasteiger partial charge in [-0.3, -0.25) is 9.59 Å². The predicted molar refractivity (Wildman–Crippen MR) is 146 cm³/mol. The highest BCUT2D eigenvalue weighted by atomic mass is 79.9. The second-order valence-corrected chi connectivity index (χ2v) is 10.4. The average Bonchev–Trinajstić information content (AvgIpc) is 3.40. The quantitative estimate of drug-likeness (QED) is 0.317. The number of rotatable bonds is 10. The average molecular weight is 570 g/mol.